The molecule has 1 aliphatic heterocycles. The molecule has 3 aromatic rings. The van der Waals surface area contributed by atoms with Crippen LogP contribution < -0.4 is 10.6 Å². The minimum Gasteiger partial charge on any atom is -0.362 e. The van der Waals surface area contributed by atoms with Crippen molar-refractivity contribution in [1.29, 1.82) is 0 Å². The number of halogens is 5. The molecule has 0 fully saturated rings. The monoisotopic (exact) mass is 468 g/mol. The first-order valence-electron chi connectivity index (χ1n) is 9.43. The van der Waals surface area contributed by atoms with Crippen molar-refractivity contribution < 1.29 is 18.0 Å². The maximum Gasteiger partial charge on any atom is 0.410 e. The lowest BCUT2D eigenvalue weighted by molar-refractivity contribution is -0.173. The molecule has 0 aliphatic carbocycles. The molecule has 1 aromatic heterocycles. The van der Waals surface area contributed by atoms with E-state index >= 15 is 0 Å². The van der Waals surface area contributed by atoms with Gasteiger partial charge in [-0.05, 0) is 23.3 Å². The van der Waals surface area contributed by atoms with E-state index in [4.69, 9.17) is 23.2 Å². The minimum atomic E-state index is -4.57. The Morgan fingerprint density at radius 1 is 1.13 bits per heavy atom. The van der Waals surface area contributed by atoms with Gasteiger partial charge in [0.25, 0.3) is 5.91 Å². The van der Waals surface area contributed by atoms with Gasteiger partial charge in [-0.2, -0.15) is 18.3 Å². The number of hydrogen-bond acceptors (Lipinski definition) is 3. The lowest BCUT2D eigenvalue weighted by atomic mass is 9.97. The molecule has 2 unspecified atom stereocenters. The molecule has 10 heteroatoms. The zero-order valence-corrected chi connectivity index (χ0v) is 17.5. The van der Waals surface area contributed by atoms with Gasteiger partial charge in [-0.15, -0.1) is 0 Å². The first-order chi connectivity index (χ1) is 14.7. The lowest BCUT2D eigenvalue weighted by Gasteiger charge is -2.33. The summed E-state index contributed by atoms with van der Waals surface area (Å²) < 4.78 is 42.3. The van der Waals surface area contributed by atoms with Gasteiger partial charge in [0.15, 0.2) is 11.7 Å². The van der Waals surface area contributed by atoms with Crippen LogP contribution in [0, 0.1) is 0 Å². The highest BCUT2D eigenvalue weighted by atomic mass is 35.5. The summed E-state index contributed by atoms with van der Waals surface area (Å²) in [6.45, 7) is 0.196. The molecular formula is C21H17Cl2F3N4O. The third kappa shape index (κ3) is 4.50. The standard InChI is InChI=1S/C21H17Cl2F3N4O/c22-14-8-6-13(7-9-14)15-10-16(21(24,25)26)30-19(28-15)17(23)18(29-30)20(31)27-11-12-4-2-1-3-5-12/h1-9,15-16,28H,10-11H2,(H,27,31). The molecule has 2 N–H and O–H groups in total. The lowest BCUT2D eigenvalue weighted by Crippen LogP contribution is -2.35. The van der Waals surface area contributed by atoms with Gasteiger partial charge in [-0.1, -0.05) is 65.7 Å². The number of nitrogens with one attached hydrogen (secondary N) is 2. The van der Waals surface area contributed by atoms with Crippen molar-refractivity contribution in [2.75, 3.05) is 5.32 Å². The van der Waals surface area contributed by atoms with Gasteiger partial charge in [0.2, 0.25) is 0 Å². The largest absolute Gasteiger partial charge is 0.410 e. The van der Waals surface area contributed by atoms with E-state index in [-0.39, 0.29) is 29.5 Å². The van der Waals surface area contributed by atoms with Crippen LogP contribution in [-0.4, -0.2) is 21.9 Å². The highest BCUT2D eigenvalue weighted by molar-refractivity contribution is 6.36. The van der Waals surface area contributed by atoms with Gasteiger partial charge in [0, 0.05) is 18.0 Å². The third-order valence-corrected chi connectivity index (χ3v) is 5.69. The summed E-state index contributed by atoms with van der Waals surface area (Å²) in [4.78, 5) is 12.6. The quantitative estimate of drug-likeness (QED) is 0.510. The normalized spacial score (nSPS) is 18.2. The number of rotatable bonds is 4. The summed E-state index contributed by atoms with van der Waals surface area (Å²) in [7, 11) is 0. The van der Waals surface area contributed by atoms with E-state index in [0.29, 0.717) is 10.6 Å². The maximum atomic E-state index is 13.8. The van der Waals surface area contributed by atoms with Gasteiger partial charge in [-0.3, -0.25) is 4.79 Å². The fourth-order valence-electron chi connectivity index (χ4n) is 3.51. The van der Waals surface area contributed by atoms with Crippen molar-refractivity contribution in [3.63, 3.8) is 0 Å². The van der Waals surface area contributed by atoms with Crippen LogP contribution in [0.3, 0.4) is 0 Å². The van der Waals surface area contributed by atoms with Crippen LogP contribution in [0.4, 0.5) is 19.0 Å². The average Bonchev–Trinajstić information content (AvgIpc) is 3.08. The van der Waals surface area contributed by atoms with Crippen molar-refractivity contribution in [2.45, 2.75) is 31.2 Å². The predicted molar refractivity (Wildman–Crippen MR) is 112 cm³/mol. The number of benzene rings is 2. The summed E-state index contributed by atoms with van der Waals surface area (Å²) in [5, 5.41) is 9.89. The molecule has 0 bridgehead atoms. The van der Waals surface area contributed by atoms with Crippen molar-refractivity contribution in [3.05, 3.63) is 81.5 Å². The van der Waals surface area contributed by atoms with E-state index in [1.54, 1.807) is 24.3 Å². The summed E-state index contributed by atoms with van der Waals surface area (Å²) >= 11 is 12.2. The first-order valence-corrected chi connectivity index (χ1v) is 10.2. The van der Waals surface area contributed by atoms with E-state index in [0.717, 1.165) is 10.2 Å². The molecule has 5 nitrogen and oxygen atoms in total. The van der Waals surface area contributed by atoms with Crippen molar-refractivity contribution in [1.82, 2.24) is 15.1 Å². The van der Waals surface area contributed by atoms with Crippen LogP contribution in [0.5, 0.6) is 0 Å². The fourth-order valence-corrected chi connectivity index (χ4v) is 3.90. The second-order valence-corrected chi connectivity index (χ2v) is 7.98. The van der Waals surface area contributed by atoms with Crippen LogP contribution in [0.2, 0.25) is 10.0 Å². The number of aromatic nitrogens is 2. The van der Waals surface area contributed by atoms with E-state index < -0.39 is 24.2 Å². The summed E-state index contributed by atoms with van der Waals surface area (Å²) in [6.07, 6.45) is -4.88. The Labute approximate surface area is 186 Å². The Hall–Kier alpha value is -2.71. The summed E-state index contributed by atoms with van der Waals surface area (Å²) in [5.41, 5.74) is 1.20. The average molecular weight is 469 g/mol. The number of alkyl halides is 3. The van der Waals surface area contributed by atoms with Gasteiger partial charge in [0.05, 0.1) is 6.04 Å². The van der Waals surface area contributed by atoms with Gasteiger partial charge >= 0.3 is 6.18 Å². The summed E-state index contributed by atoms with van der Waals surface area (Å²) in [5.74, 6) is -0.693. The predicted octanol–water partition coefficient (Wildman–Crippen LogP) is 5.78. The highest BCUT2D eigenvalue weighted by Crippen LogP contribution is 2.46. The molecule has 0 radical (unpaired) electrons. The number of anilines is 1. The van der Waals surface area contributed by atoms with Crippen molar-refractivity contribution >= 4 is 34.9 Å². The highest BCUT2D eigenvalue weighted by Gasteiger charge is 2.47. The van der Waals surface area contributed by atoms with Gasteiger partial charge < -0.3 is 10.6 Å². The second-order valence-electron chi connectivity index (χ2n) is 7.17. The molecule has 0 spiro atoms. The van der Waals surface area contributed by atoms with E-state index in [1.807, 2.05) is 30.3 Å². The number of nitrogens with zero attached hydrogens (tertiary/aromatic N) is 2. The van der Waals surface area contributed by atoms with Gasteiger partial charge in [0.1, 0.15) is 10.8 Å². The Morgan fingerprint density at radius 2 is 1.81 bits per heavy atom. The summed E-state index contributed by atoms with van der Waals surface area (Å²) in [6, 6.07) is 13.0. The van der Waals surface area contributed by atoms with Crippen LogP contribution in [-0.2, 0) is 6.54 Å². The number of hydrogen-bond donors (Lipinski definition) is 2. The SMILES string of the molecule is O=C(NCc1ccccc1)c1nn2c(c1Cl)NC(c1ccc(Cl)cc1)CC2C(F)(F)F. The Kier molecular flexibility index (Phi) is 5.85. The zero-order chi connectivity index (χ0) is 22.2. The van der Waals surface area contributed by atoms with E-state index in [9.17, 15) is 18.0 Å². The molecule has 2 atom stereocenters. The topological polar surface area (TPSA) is 59.0 Å². The molecule has 2 heterocycles. The van der Waals surface area contributed by atoms with E-state index in [1.165, 1.54) is 0 Å². The van der Waals surface area contributed by atoms with Crippen LogP contribution in [0.15, 0.2) is 54.6 Å². The first kappa shape index (κ1) is 21.5. The third-order valence-electron chi connectivity index (χ3n) is 5.08. The molecule has 0 saturated carbocycles. The number of carbonyl (C=O) groups is 1. The second kappa shape index (κ2) is 8.43. The molecule has 0 saturated heterocycles. The minimum absolute atomic E-state index is 0.0416. The molecule has 4 rings (SSSR count). The van der Waals surface area contributed by atoms with Crippen LogP contribution in [0.25, 0.3) is 0 Å². The smallest absolute Gasteiger partial charge is 0.362 e. The van der Waals surface area contributed by atoms with Crippen molar-refractivity contribution in [2.24, 2.45) is 0 Å². The molecule has 31 heavy (non-hydrogen) atoms. The van der Waals surface area contributed by atoms with Crippen LogP contribution >= 0.6 is 23.2 Å². The Morgan fingerprint density at radius 3 is 2.45 bits per heavy atom. The molecule has 162 valence electrons. The molecular weight excluding hydrogens is 452 g/mol. The Bertz CT molecular complexity index is 1080. The molecule has 1 aliphatic rings. The molecule has 2 aromatic carbocycles. The van der Waals surface area contributed by atoms with Gasteiger partial charge in [-0.25, -0.2) is 4.68 Å². The zero-order valence-electron chi connectivity index (χ0n) is 16.0. The van der Waals surface area contributed by atoms with Crippen molar-refractivity contribution in [3.8, 4) is 0 Å². The van der Waals surface area contributed by atoms with E-state index in [2.05, 4.69) is 15.7 Å². The molecule has 1 amide bonds. The maximum absolute atomic E-state index is 13.8. The number of amides is 1. The van der Waals surface area contributed by atoms with Crippen LogP contribution in [0.1, 0.15) is 40.1 Å². The Balaban J connectivity index is 1.64. The number of carbonyl (C=O) groups excluding carboxylic acids is 1. The fraction of sp³-hybridized carbons (Fsp3) is 0.238. The number of fused-ring (bicyclic) bond motifs is 1.